The summed E-state index contributed by atoms with van der Waals surface area (Å²) in [4.78, 5) is 38.0. The zero-order valence-corrected chi connectivity index (χ0v) is 41.7. The van der Waals surface area contributed by atoms with Crippen molar-refractivity contribution in [1.82, 2.24) is 0 Å². The summed E-state index contributed by atoms with van der Waals surface area (Å²) in [5.41, 5.74) is 0. The van der Waals surface area contributed by atoms with Crippen molar-refractivity contribution in [2.45, 2.75) is 219 Å². The van der Waals surface area contributed by atoms with Gasteiger partial charge in [-0.15, -0.1) is 0 Å². The highest BCUT2D eigenvalue weighted by Gasteiger charge is 2.19. The summed E-state index contributed by atoms with van der Waals surface area (Å²) in [6.45, 7) is 6.30. The van der Waals surface area contributed by atoms with Gasteiger partial charge >= 0.3 is 17.9 Å². The van der Waals surface area contributed by atoms with Crippen molar-refractivity contribution in [2.24, 2.45) is 0 Å². The molecule has 0 fully saturated rings. The second-order valence-electron chi connectivity index (χ2n) is 16.7. The van der Waals surface area contributed by atoms with Crippen molar-refractivity contribution >= 4 is 17.9 Å². The lowest BCUT2D eigenvalue weighted by molar-refractivity contribution is -0.167. The van der Waals surface area contributed by atoms with Gasteiger partial charge in [-0.3, -0.25) is 14.4 Å². The summed E-state index contributed by atoms with van der Waals surface area (Å²) in [6, 6.07) is 0. The third kappa shape index (κ3) is 50.7. The van der Waals surface area contributed by atoms with Crippen LogP contribution >= 0.6 is 0 Å². The van der Waals surface area contributed by atoms with Crippen LogP contribution in [0.3, 0.4) is 0 Å². The number of esters is 3. The fourth-order valence-electron chi connectivity index (χ4n) is 6.57. The van der Waals surface area contributed by atoms with E-state index in [0.717, 1.165) is 148 Å². The molecule has 65 heavy (non-hydrogen) atoms. The van der Waals surface area contributed by atoms with Gasteiger partial charge in [-0.2, -0.15) is 0 Å². The number of carbonyl (C=O) groups is 3. The predicted octanol–water partition coefficient (Wildman–Crippen LogP) is 17.3. The average molecular weight is 899 g/mol. The third-order valence-electron chi connectivity index (χ3n) is 10.4. The van der Waals surface area contributed by atoms with Gasteiger partial charge in [0.1, 0.15) is 13.2 Å². The minimum Gasteiger partial charge on any atom is -0.462 e. The van der Waals surface area contributed by atoms with E-state index >= 15 is 0 Å². The Morgan fingerprint density at radius 2 is 0.600 bits per heavy atom. The van der Waals surface area contributed by atoms with Crippen LogP contribution in [0.1, 0.15) is 213 Å². The molecule has 0 N–H and O–H groups in total. The molecule has 0 saturated carbocycles. The maximum absolute atomic E-state index is 12.8. The number of unbranched alkanes of at least 4 members (excludes halogenated alkanes) is 14. The second kappa shape index (κ2) is 52.4. The molecule has 6 nitrogen and oxygen atoms in total. The SMILES string of the molecule is CC/C=C\C/C=C\C/C=C\C/C=C\C/C=C\CCCCCC(=O)OCC(COC(=O)CCCCC/C=C\C/C=C\C/C=C\CC)OC(=O)CCCCCCC/C=C\C/C=C\CCCCC. The molecule has 0 rings (SSSR count). The quantitative estimate of drug-likeness (QED) is 0.0262. The number of hydrogen-bond donors (Lipinski definition) is 0. The molecule has 1 unspecified atom stereocenters. The highest BCUT2D eigenvalue weighted by Crippen LogP contribution is 2.12. The minimum absolute atomic E-state index is 0.113. The summed E-state index contributed by atoms with van der Waals surface area (Å²) >= 11 is 0. The Labute approximate surface area is 399 Å². The van der Waals surface area contributed by atoms with Crippen LogP contribution in [0.5, 0.6) is 0 Å². The summed E-state index contributed by atoms with van der Waals surface area (Å²) in [5.74, 6) is -0.994. The monoisotopic (exact) mass is 899 g/mol. The Morgan fingerprint density at radius 3 is 0.954 bits per heavy atom. The lowest BCUT2D eigenvalue weighted by atomic mass is 10.1. The molecule has 0 bridgehead atoms. The lowest BCUT2D eigenvalue weighted by Gasteiger charge is -2.18. The molecule has 0 aliphatic carbocycles. The lowest BCUT2D eigenvalue weighted by Crippen LogP contribution is -2.30. The standard InChI is InChI=1S/C59H94O6/c1-4-7-10-13-16-19-22-25-27-28-29-30-32-34-37-40-43-46-49-52-58(61)64-55-56(54-63-57(60)51-48-45-42-39-36-33-24-21-18-15-12-9-6-3)65-59(62)53-50-47-44-41-38-35-31-26-23-20-17-14-11-8-5-2/h7,9-10,12,16-21,25-27,29-31,33-34,36-37,56H,4-6,8,11,13-15,22-24,28,32,35,38-55H2,1-3H3/b10-7-,12-9-,19-16-,20-17-,21-18-,27-25-,30-29-,31-26-,36-33-,37-34-. The van der Waals surface area contributed by atoms with Gasteiger partial charge in [0.25, 0.3) is 0 Å². The molecule has 0 aromatic carbocycles. The average Bonchev–Trinajstić information content (AvgIpc) is 3.30. The molecular weight excluding hydrogens is 805 g/mol. The zero-order valence-electron chi connectivity index (χ0n) is 41.7. The number of hydrogen-bond acceptors (Lipinski definition) is 6. The Bertz CT molecular complexity index is 1400. The van der Waals surface area contributed by atoms with Crippen LogP contribution in [0.2, 0.25) is 0 Å². The van der Waals surface area contributed by atoms with Gasteiger partial charge in [-0.05, 0) is 128 Å². The first-order valence-electron chi connectivity index (χ1n) is 26.0. The molecular formula is C59H94O6. The summed E-state index contributed by atoms with van der Waals surface area (Å²) < 4.78 is 16.7. The van der Waals surface area contributed by atoms with Crippen LogP contribution in [0, 0.1) is 0 Å². The summed E-state index contributed by atoms with van der Waals surface area (Å²) in [5, 5.41) is 0. The van der Waals surface area contributed by atoms with Crippen LogP contribution in [0.4, 0.5) is 0 Å². The van der Waals surface area contributed by atoms with Crippen LogP contribution in [-0.2, 0) is 28.6 Å². The highest BCUT2D eigenvalue weighted by atomic mass is 16.6. The van der Waals surface area contributed by atoms with Crippen LogP contribution in [0.15, 0.2) is 122 Å². The van der Waals surface area contributed by atoms with Crippen LogP contribution in [-0.4, -0.2) is 37.2 Å². The predicted molar refractivity (Wildman–Crippen MR) is 279 cm³/mol. The minimum atomic E-state index is -0.814. The smallest absolute Gasteiger partial charge is 0.306 e. The van der Waals surface area contributed by atoms with Crippen molar-refractivity contribution in [3.05, 3.63) is 122 Å². The molecule has 0 aromatic heterocycles. The Hall–Kier alpha value is -4.19. The van der Waals surface area contributed by atoms with Crippen molar-refractivity contribution in [3.8, 4) is 0 Å². The Balaban J connectivity index is 4.52. The van der Waals surface area contributed by atoms with Crippen LogP contribution in [0.25, 0.3) is 0 Å². The Kier molecular flexibility index (Phi) is 49.1. The molecule has 0 heterocycles. The van der Waals surface area contributed by atoms with E-state index in [-0.39, 0.29) is 31.1 Å². The van der Waals surface area contributed by atoms with E-state index in [1.54, 1.807) is 0 Å². The maximum Gasteiger partial charge on any atom is 0.306 e. The molecule has 0 aliphatic rings. The number of carbonyl (C=O) groups excluding carboxylic acids is 3. The number of rotatable bonds is 45. The molecule has 1 atom stereocenters. The number of ether oxygens (including phenoxy) is 3. The fraction of sp³-hybridized carbons (Fsp3) is 0.610. The molecule has 0 amide bonds. The Morgan fingerprint density at radius 1 is 0.323 bits per heavy atom. The first kappa shape index (κ1) is 60.8. The molecule has 6 heteroatoms. The first-order valence-corrected chi connectivity index (χ1v) is 26.0. The van der Waals surface area contributed by atoms with E-state index in [0.29, 0.717) is 19.3 Å². The second-order valence-corrected chi connectivity index (χ2v) is 16.7. The first-order chi connectivity index (χ1) is 32.0. The van der Waals surface area contributed by atoms with Crippen LogP contribution < -0.4 is 0 Å². The van der Waals surface area contributed by atoms with Crippen molar-refractivity contribution in [1.29, 1.82) is 0 Å². The highest BCUT2D eigenvalue weighted by molar-refractivity contribution is 5.71. The van der Waals surface area contributed by atoms with E-state index in [1.165, 1.54) is 25.7 Å². The van der Waals surface area contributed by atoms with Gasteiger partial charge < -0.3 is 14.2 Å². The maximum atomic E-state index is 12.8. The molecule has 0 aliphatic heterocycles. The van der Waals surface area contributed by atoms with Gasteiger partial charge in [0.05, 0.1) is 0 Å². The molecule has 0 saturated heterocycles. The van der Waals surface area contributed by atoms with Crippen molar-refractivity contribution < 1.29 is 28.6 Å². The van der Waals surface area contributed by atoms with Crippen molar-refractivity contribution in [3.63, 3.8) is 0 Å². The van der Waals surface area contributed by atoms with Gasteiger partial charge in [0.15, 0.2) is 6.10 Å². The third-order valence-corrected chi connectivity index (χ3v) is 10.4. The van der Waals surface area contributed by atoms with Crippen molar-refractivity contribution in [2.75, 3.05) is 13.2 Å². The van der Waals surface area contributed by atoms with E-state index in [1.807, 2.05) is 0 Å². The molecule has 0 radical (unpaired) electrons. The van der Waals surface area contributed by atoms with Gasteiger partial charge in [0, 0.05) is 19.3 Å². The fourth-order valence-corrected chi connectivity index (χ4v) is 6.57. The topological polar surface area (TPSA) is 78.9 Å². The summed E-state index contributed by atoms with van der Waals surface area (Å²) in [6.07, 6.45) is 71.8. The van der Waals surface area contributed by atoms with Gasteiger partial charge in [-0.1, -0.05) is 187 Å². The van der Waals surface area contributed by atoms with E-state index in [4.69, 9.17) is 14.2 Å². The normalized spacial score (nSPS) is 13.1. The number of allylic oxidation sites excluding steroid dienone is 20. The molecule has 366 valence electrons. The van der Waals surface area contributed by atoms with Gasteiger partial charge in [0.2, 0.25) is 0 Å². The molecule has 0 spiro atoms. The largest absolute Gasteiger partial charge is 0.462 e. The van der Waals surface area contributed by atoms with Gasteiger partial charge in [-0.25, -0.2) is 0 Å². The molecule has 0 aromatic rings. The zero-order chi connectivity index (χ0) is 47.2. The van der Waals surface area contributed by atoms with E-state index < -0.39 is 6.10 Å². The summed E-state index contributed by atoms with van der Waals surface area (Å²) in [7, 11) is 0. The van der Waals surface area contributed by atoms with E-state index in [2.05, 4.69) is 142 Å². The van der Waals surface area contributed by atoms with E-state index in [9.17, 15) is 14.4 Å².